The van der Waals surface area contributed by atoms with E-state index in [1.807, 2.05) is 0 Å². The number of likely N-dealkylation sites (tertiary alicyclic amines) is 1. The molecule has 6 heteroatoms. The second kappa shape index (κ2) is 6.98. The zero-order valence-corrected chi connectivity index (χ0v) is 11.6. The van der Waals surface area contributed by atoms with Crippen LogP contribution in [0.5, 0.6) is 6.01 Å². The molecular formula is C14H19N3O3. The minimum atomic E-state index is -0.0152. The predicted octanol–water partition coefficient (Wildman–Crippen LogP) is 1.22. The number of ketones is 1. The van der Waals surface area contributed by atoms with Crippen molar-refractivity contribution in [3.05, 3.63) is 18.5 Å². The Morgan fingerprint density at radius 2 is 1.90 bits per heavy atom. The Balaban J connectivity index is 1.61. The van der Waals surface area contributed by atoms with Gasteiger partial charge in [0, 0.05) is 25.2 Å². The first-order valence-corrected chi connectivity index (χ1v) is 6.86. The van der Waals surface area contributed by atoms with E-state index in [0.29, 0.717) is 31.9 Å². The topological polar surface area (TPSA) is 72.4 Å². The monoisotopic (exact) mass is 277 g/mol. The number of ether oxygens (including phenoxy) is 1. The van der Waals surface area contributed by atoms with Crippen molar-refractivity contribution < 1.29 is 14.3 Å². The molecule has 0 unspecified atom stereocenters. The Morgan fingerprint density at radius 3 is 2.55 bits per heavy atom. The van der Waals surface area contributed by atoms with Crippen LogP contribution >= 0.6 is 0 Å². The van der Waals surface area contributed by atoms with Gasteiger partial charge in [-0.15, -0.1) is 0 Å². The maximum atomic E-state index is 11.8. The highest BCUT2D eigenvalue weighted by molar-refractivity contribution is 5.77. The molecule has 1 aliphatic rings. The molecule has 0 aromatic carbocycles. The normalized spacial score (nSPS) is 14.8. The maximum Gasteiger partial charge on any atom is 0.316 e. The van der Waals surface area contributed by atoms with Gasteiger partial charge in [-0.05, 0) is 25.8 Å². The molecule has 1 aromatic heterocycles. The molecule has 2 rings (SSSR count). The van der Waals surface area contributed by atoms with Crippen molar-refractivity contribution in [2.24, 2.45) is 0 Å². The smallest absolute Gasteiger partial charge is 0.316 e. The highest BCUT2D eigenvalue weighted by atomic mass is 16.5. The molecule has 1 amide bonds. The third-order valence-corrected chi connectivity index (χ3v) is 3.18. The van der Waals surface area contributed by atoms with Crippen LogP contribution in [0.2, 0.25) is 0 Å². The maximum absolute atomic E-state index is 11.8. The summed E-state index contributed by atoms with van der Waals surface area (Å²) in [4.78, 5) is 32.3. The van der Waals surface area contributed by atoms with Crippen LogP contribution in [0.4, 0.5) is 0 Å². The fraction of sp³-hybridized carbons (Fsp3) is 0.571. The van der Waals surface area contributed by atoms with Crippen LogP contribution in [0, 0.1) is 0 Å². The lowest BCUT2D eigenvalue weighted by atomic mass is 10.1. The van der Waals surface area contributed by atoms with Crippen molar-refractivity contribution in [3.63, 3.8) is 0 Å². The molecule has 0 bridgehead atoms. The average molecular weight is 277 g/mol. The lowest BCUT2D eigenvalue weighted by Gasteiger charge is -2.38. The first kappa shape index (κ1) is 14.4. The van der Waals surface area contributed by atoms with E-state index in [9.17, 15) is 9.59 Å². The van der Waals surface area contributed by atoms with Gasteiger partial charge in [0.15, 0.2) is 0 Å². The van der Waals surface area contributed by atoms with E-state index < -0.39 is 0 Å². The quantitative estimate of drug-likeness (QED) is 0.701. The summed E-state index contributed by atoms with van der Waals surface area (Å²) in [6, 6.07) is 2.08. The van der Waals surface area contributed by atoms with E-state index in [4.69, 9.17) is 4.74 Å². The molecule has 0 N–H and O–H groups in total. The van der Waals surface area contributed by atoms with Gasteiger partial charge in [0.1, 0.15) is 11.9 Å². The minimum Gasteiger partial charge on any atom is -0.456 e. The molecule has 1 aromatic rings. The fourth-order valence-corrected chi connectivity index (χ4v) is 2.02. The molecule has 0 aliphatic carbocycles. The SMILES string of the molecule is CC(=O)CCCCC(=O)N1CC(Oc2ncccn2)C1. The summed E-state index contributed by atoms with van der Waals surface area (Å²) in [5, 5.41) is 0. The summed E-state index contributed by atoms with van der Waals surface area (Å²) in [5.74, 6) is 0.306. The van der Waals surface area contributed by atoms with Gasteiger partial charge >= 0.3 is 6.01 Å². The van der Waals surface area contributed by atoms with Crippen LogP contribution in [-0.2, 0) is 9.59 Å². The van der Waals surface area contributed by atoms with Gasteiger partial charge in [-0.2, -0.15) is 0 Å². The molecule has 0 spiro atoms. The number of aromatic nitrogens is 2. The van der Waals surface area contributed by atoms with E-state index >= 15 is 0 Å². The van der Waals surface area contributed by atoms with Gasteiger partial charge in [-0.1, -0.05) is 0 Å². The molecule has 0 saturated carbocycles. The highest BCUT2D eigenvalue weighted by Gasteiger charge is 2.32. The predicted molar refractivity (Wildman–Crippen MR) is 72.2 cm³/mol. The lowest BCUT2D eigenvalue weighted by molar-refractivity contribution is -0.140. The number of hydrogen-bond acceptors (Lipinski definition) is 5. The highest BCUT2D eigenvalue weighted by Crippen LogP contribution is 2.16. The summed E-state index contributed by atoms with van der Waals surface area (Å²) < 4.78 is 5.53. The second-order valence-corrected chi connectivity index (χ2v) is 4.98. The summed E-state index contributed by atoms with van der Waals surface area (Å²) in [6.45, 7) is 2.75. The number of nitrogens with zero attached hydrogens (tertiary/aromatic N) is 3. The van der Waals surface area contributed by atoms with Crippen molar-refractivity contribution in [2.45, 2.75) is 38.7 Å². The van der Waals surface area contributed by atoms with Crippen molar-refractivity contribution in [2.75, 3.05) is 13.1 Å². The van der Waals surface area contributed by atoms with Gasteiger partial charge in [-0.25, -0.2) is 9.97 Å². The standard InChI is InChI=1S/C14H19N3O3/c1-11(18)5-2-3-6-13(19)17-9-12(10-17)20-14-15-7-4-8-16-14/h4,7-8,12H,2-3,5-6,9-10H2,1H3. The average Bonchev–Trinajstić information content (AvgIpc) is 2.39. The number of carbonyl (C=O) groups excluding carboxylic acids is 2. The van der Waals surface area contributed by atoms with Crippen LogP contribution in [0.3, 0.4) is 0 Å². The number of amides is 1. The molecule has 1 saturated heterocycles. The number of hydrogen-bond donors (Lipinski definition) is 0. The minimum absolute atomic E-state index is 0.0152. The molecule has 6 nitrogen and oxygen atoms in total. The van der Waals surface area contributed by atoms with Crippen molar-refractivity contribution in [1.29, 1.82) is 0 Å². The van der Waals surface area contributed by atoms with Crippen LogP contribution in [0.25, 0.3) is 0 Å². The first-order valence-electron chi connectivity index (χ1n) is 6.86. The molecule has 2 heterocycles. The first-order chi connectivity index (χ1) is 9.65. The fourth-order valence-electron chi connectivity index (χ4n) is 2.02. The molecule has 1 fully saturated rings. The number of carbonyl (C=O) groups is 2. The summed E-state index contributed by atoms with van der Waals surface area (Å²) >= 11 is 0. The van der Waals surface area contributed by atoms with Crippen LogP contribution in [0.1, 0.15) is 32.6 Å². The summed E-state index contributed by atoms with van der Waals surface area (Å²) in [6.07, 6.45) is 5.84. The molecular weight excluding hydrogens is 258 g/mol. The Bertz CT molecular complexity index is 458. The second-order valence-electron chi connectivity index (χ2n) is 4.98. The summed E-state index contributed by atoms with van der Waals surface area (Å²) in [5.41, 5.74) is 0. The van der Waals surface area contributed by atoms with Crippen molar-refractivity contribution >= 4 is 11.7 Å². The van der Waals surface area contributed by atoms with Crippen LogP contribution in [-0.4, -0.2) is 45.8 Å². The van der Waals surface area contributed by atoms with E-state index in [-0.39, 0.29) is 17.8 Å². The zero-order valence-electron chi connectivity index (χ0n) is 11.6. The zero-order chi connectivity index (χ0) is 14.4. The molecule has 1 aliphatic heterocycles. The van der Waals surface area contributed by atoms with Crippen molar-refractivity contribution in [3.8, 4) is 6.01 Å². The Hall–Kier alpha value is -1.98. The third-order valence-electron chi connectivity index (χ3n) is 3.18. The largest absolute Gasteiger partial charge is 0.456 e. The number of rotatable bonds is 7. The van der Waals surface area contributed by atoms with Gasteiger partial charge in [-0.3, -0.25) is 4.79 Å². The van der Waals surface area contributed by atoms with Gasteiger partial charge in [0.05, 0.1) is 13.1 Å². The van der Waals surface area contributed by atoms with E-state index in [0.717, 1.165) is 12.8 Å². The Morgan fingerprint density at radius 1 is 1.25 bits per heavy atom. The van der Waals surface area contributed by atoms with E-state index in [2.05, 4.69) is 9.97 Å². The van der Waals surface area contributed by atoms with Crippen molar-refractivity contribution in [1.82, 2.24) is 14.9 Å². The molecule has 108 valence electrons. The van der Waals surface area contributed by atoms with Crippen LogP contribution in [0.15, 0.2) is 18.5 Å². The Kier molecular flexibility index (Phi) is 5.03. The van der Waals surface area contributed by atoms with E-state index in [1.165, 1.54) is 0 Å². The van der Waals surface area contributed by atoms with E-state index in [1.54, 1.807) is 30.3 Å². The molecule has 0 radical (unpaired) electrons. The molecule has 20 heavy (non-hydrogen) atoms. The molecule has 0 atom stereocenters. The van der Waals surface area contributed by atoms with Crippen LogP contribution < -0.4 is 4.74 Å². The van der Waals surface area contributed by atoms with Gasteiger partial charge in [0.25, 0.3) is 0 Å². The number of unbranched alkanes of at least 4 members (excludes halogenated alkanes) is 1. The van der Waals surface area contributed by atoms with Gasteiger partial charge < -0.3 is 14.4 Å². The lowest BCUT2D eigenvalue weighted by Crippen LogP contribution is -2.56. The third kappa shape index (κ3) is 4.29. The summed E-state index contributed by atoms with van der Waals surface area (Å²) in [7, 11) is 0. The Labute approximate surface area is 118 Å². The van der Waals surface area contributed by atoms with Gasteiger partial charge in [0.2, 0.25) is 5.91 Å². The number of Topliss-reactive ketones (excluding diaryl/α,β-unsaturated/α-hetero) is 1.